The van der Waals surface area contributed by atoms with E-state index in [1.807, 2.05) is 71.6 Å². The number of methoxy groups -OCH3 is 1. The maximum Gasteiger partial charge on any atom is 0.316 e. The van der Waals surface area contributed by atoms with Gasteiger partial charge in [-0.1, -0.05) is 78.9 Å². The monoisotopic (exact) mass is 610 g/mol. The van der Waals surface area contributed by atoms with Crippen LogP contribution in [0.15, 0.2) is 116 Å². The van der Waals surface area contributed by atoms with Crippen LogP contribution >= 0.6 is 0 Å². The van der Waals surface area contributed by atoms with Crippen LogP contribution in [0.25, 0.3) is 17.3 Å². The molecule has 0 radical (unpaired) electrons. The number of aromatic nitrogens is 4. The van der Waals surface area contributed by atoms with E-state index >= 15 is 0 Å². The van der Waals surface area contributed by atoms with Crippen LogP contribution in [0.2, 0.25) is 0 Å². The zero-order valence-corrected chi connectivity index (χ0v) is 25.6. The fraction of sp³-hybridized carbons (Fsp3) is 0.189. The van der Waals surface area contributed by atoms with E-state index in [1.54, 1.807) is 42.0 Å². The Hall–Kier alpha value is -5.70. The first-order valence-electron chi connectivity index (χ1n) is 15.2. The van der Waals surface area contributed by atoms with E-state index in [0.29, 0.717) is 25.1 Å². The van der Waals surface area contributed by atoms with Gasteiger partial charge in [-0.15, -0.1) is 0 Å². The first kappa shape index (κ1) is 30.3. The molecule has 3 aromatic carbocycles. The van der Waals surface area contributed by atoms with Gasteiger partial charge in [-0.2, -0.15) is 0 Å². The minimum atomic E-state index is -0.739. The molecule has 1 atom stereocenters. The highest BCUT2D eigenvalue weighted by atomic mass is 16.5. The van der Waals surface area contributed by atoms with E-state index in [4.69, 9.17) is 4.74 Å². The molecule has 1 aliphatic heterocycles. The number of hydrogen-bond acceptors (Lipinski definition) is 7. The third-order valence-electron chi connectivity index (χ3n) is 8.07. The van der Waals surface area contributed by atoms with Gasteiger partial charge in [0.1, 0.15) is 6.04 Å². The molecular weight excluding hydrogens is 576 g/mol. The molecule has 230 valence electrons. The number of fused-ring (bicyclic) bond motifs is 1. The maximum atomic E-state index is 14.5. The molecule has 0 spiro atoms. The second-order valence-electron chi connectivity index (χ2n) is 11.1. The minimum absolute atomic E-state index is 0.0796. The van der Waals surface area contributed by atoms with E-state index in [1.165, 1.54) is 18.7 Å². The molecule has 1 unspecified atom stereocenters. The standard InChI is InChI=1S/C37H34N6O3/c1-46-37-40-22-29(23-41-37)13-16-35(44)43(25-28-11-14-31(15-12-28)33-24-38-18-19-39-33)34(21-27-7-3-2-4-8-27)36(45)42-20-17-30-9-5-6-10-32(30)26-42/h2-16,18-19,22-24,34H,17,20-21,25-26H2,1H3. The Bertz CT molecular complexity index is 1800. The maximum absolute atomic E-state index is 14.5. The van der Waals surface area contributed by atoms with E-state index in [-0.39, 0.29) is 24.4 Å². The van der Waals surface area contributed by atoms with Crippen LogP contribution in [0.3, 0.4) is 0 Å². The van der Waals surface area contributed by atoms with E-state index in [9.17, 15) is 9.59 Å². The molecule has 2 amide bonds. The molecule has 0 bridgehead atoms. The molecule has 6 rings (SSSR count). The van der Waals surface area contributed by atoms with Crippen LogP contribution in [0.1, 0.15) is 27.8 Å². The Morgan fingerprint density at radius 2 is 1.61 bits per heavy atom. The highest BCUT2D eigenvalue weighted by molar-refractivity contribution is 5.95. The summed E-state index contributed by atoms with van der Waals surface area (Å²) in [6, 6.07) is 25.4. The molecule has 0 fully saturated rings. The molecule has 9 heteroatoms. The first-order chi connectivity index (χ1) is 22.6. The Morgan fingerprint density at radius 3 is 2.33 bits per heavy atom. The highest BCUT2D eigenvalue weighted by Crippen LogP contribution is 2.24. The zero-order chi connectivity index (χ0) is 31.7. The van der Waals surface area contributed by atoms with Crippen LogP contribution in [-0.4, -0.2) is 61.2 Å². The van der Waals surface area contributed by atoms with Crippen molar-refractivity contribution in [3.05, 3.63) is 144 Å². The van der Waals surface area contributed by atoms with Crippen molar-refractivity contribution in [3.63, 3.8) is 0 Å². The molecule has 0 N–H and O–H groups in total. The first-order valence-corrected chi connectivity index (χ1v) is 15.2. The molecule has 1 aliphatic rings. The quantitative estimate of drug-likeness (QED) is 0.201. The summed E-state index contributed by atoms with van der Waals surface area (Å²) >= 11 is 0. The molecule has 9 nitrogen and oxygen atoms in total. The van der Waals surface area contributed by atoms with Gasteiger partial charge in [0.2, 0.25) is 11.8 Å². The van der Waals surface area contributed by atoms with Crippen LogP contribution in [0, 0.1) is 0 Å². The van der Waals surface area contributed by atoms with Gasteiger partial charge in [-0.25, -0.2) is 9.97 Å². The van der Waals surface area contributed by atoms with Gasteiger partial charge >= 0.3 is 6.01 Å². The number of benzene rings is 3. The number of nitrogens with zero attached hydrogens (tertiary/aromatic N) is 6. The molecule has 3 heterocycles. The summed E-state index contributed by atoms with van der Waals surface area (Å²) in [7, 11) is 1.50. The van der Waals surface area contributed by atoms with Gasteiger partial charge in [0.25, 0.3) is 0 Å². The second kappa shape index (κ2) is 14.4. The summed E-state index contributed by atoms with van der Waals surface area (Å²) in [5.74, 6) is -0.371. The Morgan fingerprint density at radius 1 is 0.870 bits per heavy atom. The lowest BCUT2D eigenvalue weighted by atomic mass is 9.97. The van der Waals surface area contributed by atoms with Crippen molar-refractivity contribution in [2.45, 2.75) is 32.0 Å². The van der Waals surface area contributed by atoms with Crippen molar-refractivity contribution < 1.29 is 14.3 Å². The van der Waals surface area contributed by atoms with Crippen LogP contribution in [-0.2, 0) is 35.5 Å². The highest BCUT2D eigenvalue weighted by Gasteiger charge is 2.34. The normalized spacial score (nSPS) is 13.2. The summed E-state index contributed by atoms with van der Waals surface area (Å²) < 4.78 is 5.06. The summed E-state index contributed by atoms with van der Waals surface area (Å²) in [5, 5.41) is 0. The third-order valence-corrected chi connectivity index (χ3v) is 8.07. The van der Waals surface area contributed by atoms with Gasteiger partial charge in [-0.05, 0) is 34.8 Å². The van der Waals surface area contributed by atoms with Gasteiger partial charge < -0.3 is 14.5 Å². The zero-order valence-electron chi connectivity index (χ0n) is 25.6. The van der Waals surface area contributed by atoms with Crippen molar-refractivity contribution in [2.75, 3.05) is 13.7 Å². The lowest BCUT2D eigenvalue weighted by Crippen LogP contribution is -2.52. The lowest BCUT2D eigenvalue weighted by molar-refractivity contribution is -0.144. The number of carbonyl (C=O) groups excluding carboxylic acids is 2. The molecule has 0 aliphatic carbocycles. The summed E-state index contributed by atoms with van der Waals surface area (Å²) in [6.45, 7) is 1.33. The van der Waals surface area contributed by atoms with E-state index < -0.39 is 6.04 Å². The number of carbonyl (C=O) groups is 2. The summed E-state index contributed by atoms with van der Waals surface area (Å²) in [6.07, 6.45) is 12.5. The number of hydrogen-bond donors (Lipinski definition) is 0. The predicted octanol–water partition coefficient (Wildman–Crippen LogP) is 5.18. The SMILES string of the molecule is COc1ncc(C=CC(=O)N(Cc2ccc(-c3cnccn3)cc2)C(Cc2ccccc2)C(=O)N2CCc3ccccc3C2)cn1. The fourth-order valence-electron chi connectivity index (χ4n) is 5.61. The molecule has 46 heavy (non-hydrogen) atoms. The van der Waals surface area contributed by atoms with Gasteiger partial charge in [0.15, 0.2) is 0 Å². The van der Waals surface area contributed by atoms with Gasteiger partial charge in [-0.3, -0.25) is 19.6 Å². The number of rotatable bonds is 10. The van der Waals surface area contributed by atoms with Crippen molar-refractivity contribution in [2.24, 2.45) is 0 Å². The second-order valence-corrected chi connectivity index (χ2v) is 11.1. The largest absolute Gasteiger partial charge is 0.467 e. The van der Waals surface area contributed by atoms with Crippen molar-refractivity contribution in [3.8, 4) is 17.3 Å². The van der Waals surface area contributed by atoms with Crippen LogP contribution in [0.4, 0.5) is 0 Å². The topological polar surface area (TPSA) is 101 Å². The smallest absolute Gasteiger partial charge is 0.316 e. The van der Waals surface area contributed by atoms with Crippen molar-refractivity contribution >= 4 is 17.9 Å². The lowest BCUT2D eigenvalue weighted by Gasteiger charge is -2.37. The molecule has 5 aromatic rings. The van der Waals surface area contributed by atoms with Crippen LogP contribution in [0.5, 0.6) is 6.01 Å². The molecule has 0 saturated heterocycles. The van der Waals surface area contributed by atoms with E-state index in [2.05, 4.69) is 32.1 Å². The molecule has 2 aromatic heterocycles. The fourth-order valence-corrected chi connectivity index (χ4v) is 5.61. The van der Waals surface area contributed by atoms with Gasteiger partial charge in [0, 0.05) is 68.0 Å². The molecule has 0 saturated carbocycles. The predicted molar refractivity (Wildman–Crippen MR) is 175 cm³/mol. The Labute approximate surface area is 268 Å². The average molecular weight is 611 g/mol. The third kappa shape index (κ3) is 7.32. The minimum Gasteiger partial charge on any atom is -0.467 e. The van der Waals surface area contributed by atoms with E-state index in [0.717, 1.165) is 34.4 Å². The number of amides is 2. The van der Waals surface area contributed by atoms with Crippen molar-refractivity contribution in [1.82, 2.24) is 29.7 Å². The summed E-state index contributed by atoms with van der Waals surface area (Å²) in [5.41, 5.74) is 6.57. The Kier molecular flexibility index (Phi) is 9.49. The number of ether oxygens (including phenoxy) is 1. The Balaban J connectivity index is 1.34. The van der Waals surface area contributed by atoms with Gasteiger partial charge in [0.05, 0.1) is 19.0 Å². The van der Waals surface area contributed by atoms with Crippen LogP contribution < -0.4 is 4.74 Å². The average Bonchev–Trinajstić information content (AvgIpc) is 3.13. The summed E-state index contributed by atoms with van der Waals surface area (Å²) in [4.78, 5) is 49.0. The molecular formula is C37H34N6O3. The van der Waals surface area contributed by atoms with Crippen molar-refractivity contribution in [1.29, 1.82) is 0 Å².